The second kappa shape index (κ2) is 6.41. The molecule has 0 spiro atoms. The van der Waals surface area contributed by atoms with Gasteiger partial charge in [-0.15, -0.1) is 0 Å². The number of aromatic nitrogens is 2. The van der Waals surface area contributed by atoms with Gasteiger partial charge in [-0.1, -0.05) is 39.5 Å². The first-order valence-electron chi connectivity index (χ1n) is 8.74. The lowest BCUT2D eigenvalue weighted by atomic mass is 9.88. The number of hydrogen-bond donors (Lipinski definition) is 1. The van der Waals surface area contributed by atoms with Crippen LogP contribution < -0.4 is 5.73 Å². The van der Waals surface area contributed by atoms with Crippen molar-refractivity contribution >= 4 is 5.82 Å². The molecule has 1 fully saturated rings. The molecule has 3 heteroatoms. The van der Waals surface area contributed by atoms with Gasteiger partial charge in [0.1, 0.15) is 11.6 Å². The molecule has 0 radical (unpaired) electrons. The lowest BCUT2D eigenvalue weighted by Crippen LogP contribution is -2.27. The molecule has 2 N–H and O–H groups in total. The summed E-state index contributed by atoms with van der Waals surface area (Å²) >= 11 is 0. The van der Waals surface area contributed by atoms with Crippen molar-refractivity contribution in [3.05, 3.63) is 11.5 Å². The van der Waals surface area contributed by atoms with E-state index in [2.05, 4.69) is 39.2 Å². The zero-order valence-corrected chi connectivity index (χ0v) is 14.6. The summed E-state index contributed by atoms with van der Waals surface area (Å²) < 4.78 is 2.32. The fraction of sp³-hybridized carbons (Fsp3) is 0.833. The monoisotopic (exact) mass is 291 g/mol. The Balaban J connectivity index is 2.44. The van der Waals surface area contributed by atoms with E-state index in [-0.39, 0.29) is 5.54 Å². The van der Waals surface area contributed by atoms with E-state index in [1.807, 2.05) is 0 Å². The molecule has 0 aliphatic heterocycles. The standard InChI is InChI=1S/C18H33N3/c1-6-10-13(2)15-16(19)21(18(3,4)5)17(20-15)14-11-8-7-9-12-14/h13-14H,6-12,19H2,1-5H3. The highest BCUT2D eigenvalue weighted by atomic mass is 15.2. The van der Waals surface area contributed by atoms with Gasteiger partial charge < -0.3 is 10.3 Å². The summed E-state index contributed by atoms with van der Waals surface area (Å²) in [5.74, 6) is 3.21. The average molecular weight is 291 g/mol. The van der Waals surface area contributed by atoms with Crippen molar-refractivity contribution in [2.24, 2.45) is 0 Å². The Morgan fingerprint density at radius 3 is 2.38 bits per heavy atom. The van der Waals surface area contributed by atoms with Crippen LogP contribution in [0.5, 0.6) is 0 Å². The van der Waals surface area contributed by atoms with Crippen LogP contribution in [0.2, 0.25) is 0 Å². The van der Waals surface area contributed by atoms with Gasteiger partial charge in [-0.05, 0) is 40.0 Å². The van der Waals surface area contributed by atoms with Gasteiger partial charge in [0.05, 0.1) is 5.69 Å². The van der Waals surface area contributed by atoms with Gasteiger partial charge in [0.2, 0.25) is 0 Å². The molecular weight excluding hydrogens is 258 g/mol. The Morgan fingerprint density at radius 1 is 1.24 bits per heavy atom. The summed E-state index contributed by atoms with van der Waals surface area (Å²) in [7, 11) is 0. The van der Waals surface area contributed by atoms with Crippen molar-refractivity contribution in [3.8, 4) is 0 Å². The highest BCUT2D eigenvalue weighted by molar-refractivity contribution is 5.42. The molecule has 1 aromatic heterocycles. The molecule has 1 aliphatic carbocycles. The van der Waals surface area contributed by atoms with Crippen molar-refractivity contribution in [2.45, 2.75) is 96.9 Å². The molecule has 1 atom stereocenters. The maximum atomic E-state index is 6.53. The molecule has 0 aromatic carbocycles. The zero-order valence-electron chi connectivity index (χ0n) is 14.6. The number of nitrogen functional groups attached to an aromatic ring is 1. The van der Waals surface area contributed by atoms with Crippen LogP contribution in [0.1, 0.15) is 103 Å². The molecule has 1 aliphatic rings. The first-order valence-corrected chi connectivity index (χ1v) is 8.74. The van der Waals surface area contributed by atoms with E-state index in [0.29, 0.717) is 11.8 Å². The molecule has 1 unspecified atom stereocenters. The fourth-order valence-electron chi connectivity index (χ4n) is 3.74. The van der Waals surface area contributed by atoms with E-state index in [1.165, 1.54) is 44.3 Å². The third-order valence-electron chi connectivity index (χ3n) is 4.80. The maximum Gasteiger partial charge on any atom is 0.127 e. The van der Waals surface area contributed by atoms with Crippen LogP contribution in [-0.4, -0.2) is 9.55 Å². The van der Waals surface area contributed by atoms with Gasteiger partial charge >= 0.3 is 0 Å². The lowest BCUT2D eigenvalue weighted by Gasteiger charge is -2.29. The van der Waals surface area contributed by atoms with E-state index in [9.17, 15) is 0 Å². The summed E-state index contributed by atoms with van der Waals surface area (Å²) in [5.41, 5.74) is 7.67. The van der Waals surface area contributed by atoms with E-state index < -0.39 is 0 Å². The number of hydrogen-bond acceptors (Lipinski definition) is 2. The molecule has 1 saturated carbocycles. The van der Waals surface area contributed by atoms with Crippen molar-refractivity contribution < 1.29 is 0 Å². The molecule has 0 bridgehead atoms. The van der Waals surface area contributed by atoms with E-state index in [1.54, 1.807) is 0 Å². The Morgan fingerprint density at radius 2 is 1.86 bits per heavy atom. The zero-order chi connectivity index (χ0) is 15.6. The van der Waals surface area contributed by atoms with Gasteiger partial charge in [0.25, 0.3) is 0 Å². The molecule has 2 rings (SSSR count). The first-order chi connectivity index (χ1) is 9.86. The van der Waals surface area contributed by atoms with Crippen molar-refractivity contribution in [3.63, 3.8) is 0 Å². The van der Waals surface area contributed by atoms with Crippen LogP contribution >= 0.6 is 0 Å². The van der Waals surface area contributed by atoms with E-state index >= 15 is 0 Å². The minimum atomic E-state index is 0.00798. The van der Waals surface area contributed by atoms with E-state index in [0.717, 1.165) is 17.9 Å². The van der Waals surface area contributed by atoms with Crippen LogP contribution in [0.3, 0.4) is 0 Å². The second-order valence-electron chi connectivity index (χ2n) is 7.77. The van der Waals surface area contributed by atoms with Crippen LogP contribution in [0.25, 0.3) is 0 Å². The van der Waals surface area contributed by atoms with Crippen molar-refractivity contribution in [1.82, 2.24) is 9.55 Å². The van der Waals surface area contributed by atoms with Crippen LogP contribution in [0.4, 0.5) is 5.82 Å². The summed E-state index contributed by atoms with van der Waals surface area (Å²) in [5, 5.41) is 0. The third-order valence-corrected chi connectivity index (χ3v) is 4.80. The average Bonchev–Trinajstić information content (AvgIpc) is 2.77. The van der Waals surface area contributed by atoms with E-state index in [4.69, 9.17) is 10.7 Å². The molecular formula is C18H33N3. The number of nitrogens with zero attached hydrogens (tertiary/aromatic N) is 2. The minimum absolute atomic E-state index is 0.00798. The van der Waals surface area contributed by atoms with Crippen molar-refractivity contribution in [2.75, 3.05) is 5.73 Å². The quantitative estimate of drug-likeness (QED) is 0.831. The summed E-state index contributed by atoms with van der Waals surface area (Å²) in [6.45, 7) is 11.2. The van der Waals surface area contributed by atoms with Crippen LogP contribution in [0.15, 0.2) is 0 Å². The second-order valence-corrected chi connectivity index (χ2v) is 7.77. The molecule has 0 amide bonds. The predicted molar refractivity (Wildman–Crippen MR) is 90.8 cm³/mol. The Labute approximate surface area is 130 Å². The third kappa shape index (κ3) is 3.44. The highest BCUT2D eigenvalue weighted by Crippen LogP contribution is 2.38. The van der Waals surface area contributed by atoms with Gasteiger partial charge in [0.15, 0.2) is 0 Å². The first kappa shape index (κ1) is 16.4. The Hall–Kier alpha value is -0.990. The Kier molecular flexibility index (Phi) is 5.00. The molecule has 1 aromatic rings. The summed E-state index contributed by atoms with van der Waals surface area (Å²) in [6.07, 6.45) is 8.93. The fourth-order valence-corrected chi connectivity index (χ4v) is 3.74. The minimum Gasteiger partial charge on any atom is -0.384 e. The van der Waals surface area contributed by atoms with Gasteiger partial charge in [-0.2, -0.15) is 0 Å². The summed E-state index contributed by atoms with van der Waals surface area (Å²) in [4.78, 5) is 5.06. The smallest absolute Gasteiger partial charge is 0.127 e. The molecule has 0 saturated heterocycles. The molecule has 1 heterocycles. The molecule has 21 heavy (non-hydrogen) atoms. The van der Waals surface area contributed by atoms with Crippen molar-refractivity contribution in [1.29, 1.82) is 0 Å². The highest BCUT2D eigenvalue weighted by Gasteiger charge is 2.30. The number of anilines is 1. The lowest BCUT2D eigenvalue weighted by molar-refractivity contribution is 0.349. The normalized spacial score (nSPS) is 18.9. The SMILES string of the molecule is CCCC(C)c1nc(C2CCCCC2)n(C(C)(C)C)c1N. The molecule has 120 valence electrons. The molecule has 3 nitrogen and oxygen atoms in total. The van der Waals surface area contributed by atoms with Gasteiger partial charge in [0, 0.05) is 17.4 Å². The number of nitrogens with two attached hydrogens (primary N) is 1. The topological polar surface area (TPSA) is 43.8 Å². The summed E-state index contributed by atoms with van der Waals surface area (Å²) in [6, 6.07) is 0. The number of rotatable bonds is 4. The van der Waals surface area contributed by atoms with Gasteiger partial charge in [-0.25, -0.2) is 4.98 Å². The van der Waals surface area contributed by atoms with Gasteiger partial charge in [-0.3, -0.25) is 0 Å². The maximum absolute atomic E-state index is 6.53. The predicted octanol–water partition coefficient (Wildman–Crippen LogP) is 5.17. The number of imidazole rings is 1. The van der Waals surface area contributed by atoms with Crippen LogP contribution in [0, 0.1) is 0 Å². The largest absolute Gasteiger partial charge is 0.384 e. The Bertz CT molecular complexity index is 462. The van der Waals surface area contributed by atoms with Crippen LogP contribution in [-0.2, 0) is 5.54 Å².